The summed E-state index contributed by atoms with van der Waals surface area (Å²) in [6.45, 7) is 3.75. The van der Waals surface area contributed by atoms with E-state index in [0.717, 1.165) is 42.8 Å². The van der Waals surface area contributed by atoms with Gasteiger partial charge < -0.3 is 24.4 Å². The SMILES string of the molecule is CN=C(NCCOc1ccc2c(c1)OCO2)N1CCCC1.I. The molecule has 0 bridgehead atoms. The summed E-state index contributed by atoms with van der Waals surface area (Å²) in [6, 6.07) is 5.62. The van der Waals surface area contributed by atoms with E-state index in [1.807, 2.05) is 25.2 Å². The Morgan fingerprint density at radius 2 is 2.05 bits per heavy atom. The van der Waals surface area contributed by atoms with Gasteiger partial charge in [-0.25, -0.2) is 0 Å². The summed E-state index contributed by atoms with van der Waals surface area (Å²) in [7, 11) is 1.82. The zero-order valence-electron chi connectivity index (χ0n) is 12.7. The zero-order valence-corrected chi connectivity index (χ0v) is 15.0. The number of hydrogen-bond acceptors (Lipinski definition) is 4. The molecule has 122 valence electrons. The molecule has 1 saturated heterocycles. The first kappa shape index (κ1) is 17.0. The molecular formula is C15H22IN3O3. The van der Waals surface area contributed by atoms with E-state index < -0.39 is 0 Å². The second-order valence-corrected chi connectivity index (χ2v) is 5.03. The summed E-state index contributed by atoms with van der Waals surface area (Å²) in [5.41, 5.74) is 0. The second-order valence-electron chi connectivity index (χ2n) is 5.03. The highest BCUT2D eigenvalue weighted by atomic mass is 127. The molecule has 2 heterocycles. The molecule has 1 aromatic rings. The number of hydrogen-bond donors (Lipinski definition) is 1. The van der Waals surface area contributed by atoms with Crippen molar-refractivity contribution in [3.05, 3.63) is 18.2 Å². The largest absolute Gasteiger partial charge is 0.492 e. The van der Waals surface area contributed by atoms with Gasteiger partial charge in [-0.05, 0) is 25.0 Å². The number of fused-ring (bicyclic) bond motifs is 1. The average Bonchev–Trinajstić information content (AvgIpc) is 3.18. The lowest BCUT2D eigenvalue weighted by Crippen LogP contribution is -2.41. The molecule has 0 radical (unpaired) electrons. The summed E-state index contributed by atoms with van der Waals surface area (Å²) in [5, 5.41) is 3.33. The predicted octanol–water partition coefficient (Wildman–Crippen LogP) is 2.08. The Morgan fingerprint density at radius 3 is 2.82 bits per heavy atom. The Balaban J connectivity index is 0.00000176. The molecule has 2 aliphatic heterocycles. The lowest BCUT2D eigenvalue weighted by molar-refractivity contribution is 0.173. The summed E-state index contributed by atoms with van der Waals surface area (Å²) < 4.78 is 16.3. The number of guanidine groups is 1. The molecule has 0 saturated carbocycles. The Kier molecular flexibility index (Phi) is 6.41. The first-order valence-electron chi connectivity index (χ1n) is 7.35. The van der Waals surface area contributed by atoms with Crippen LogP contribution in [0.2, 0.25) is 0 Å². The number of likely N-dealkylation sites (tertiary alicyclic amines) is 1. The van der Waals surface area contributed by atoms with Crippen molar-refractivity contribution in [2.45, 2.75) is 12.8 Å². The predicted molar refractivity (Wildman–Crippen MR) is 95.6 cm³/mol. The van der Waals surface area contributed by atoms with E-state index in [4.69, 9.17) is 14.2 Å². The van der Waals surface area contributed by atoms with E-state index in [0.29, 0.717) is 6.61 Å². The molecule has 0 amide bonds. The van der Waals surface area contributed by atoms with E-state index in [-0.39, 0.29) is 30.8 Å². The minimum absolute atomic E-state index is 0. The van der Waals surface area contributed by atoms with Gasteiger partial charge in [-0.2, -0.15) is 0 Å². The maximum Gasteiger partial charge on any atom is 0.231 e. The van der Waals surface area contributed by atoms with Gasteiger partial charge in [-0.15, -0.1) is 24.0 Å². The third-order valence-electron chi connectivity index (χ3n) is 3.62. The number of nitrogens with zero attached hydrogens (tertiary/aromatic N) is 2. The van der Waals surface area contributed by atoms with Gasteiger partial charge in [0.2, 0.25) is 6.79 Å². The van der Waals surface area contributed by atoms with Gasteiger partial charge in [-0.3, -0.25) is 4.99 Å². The van der Waals surface area contributed by atoms with Crippen LogP contribution in [0.4, 0.5) is 0 Å². The van der Waals surface area contributed by atoms with Crippen molar-refractivity contribution >= 4 is 29.9 Å². The summed E-state index contributed by atoms with van der Waals surface area (Å²) in [6.07, 6.45) is 2.49. The normalized spacial score (nSPS) is 16.4. The van der Waals surface area contributed by atoms with Crippen LogP contribution in [-0.2, 0) is 0 Å². The van der Waals surface area contributed by atoms with Crippen LogP contribution in [0, 0.1) is 0 Å². The fourth-order valence-corrected chi connectivity index (χ4v) is 2.56. The first-order chi connectivity index (χ1) is 10.4. The van der Waals surface area contributed by atoms with Gasteiger partial charge in [0.1, 0.15) is 12.4 Å². The van der Waals surface area contributed by atoms with Crippen molar-refractivity contribution < 1.29 is 14.2 Å². The molecule has 0 atom stereocenters. The maximum atomic E-state index is 5.72. The molecule has 0 aromatic heterocycles. The molecular weight excluding hydrogens is 397 g/mol. The van der Waals surface area contributed by atoms with Crippen LogP contribution in [0.25, 0.3) is 0 Å². The molecule has 0 spiro atoms. The van der Waals surface area contributed by atoms with E-state index >= 15 is 0 Å². The Bertz CT molecular complexity index is 519. The monoisotopic (exact) mass is 419 g/mol. The molecule has 1 aromatic carbocycles. The van der Waals surface area contributed by atoms with Gasteiger partial charge in [0, 0.05) is 26.2 Å². The van der Waals surface area contributed by atoms with Crippen molar-refractivity contribution in [2.24, 2.45) is 4.99 Å². The van der Waals surface area contributed by atoms with Crippen LogP contribution in [0.1, 0.15) is 12.8 Å². The Morgan fingerprint density at radius 1 is 1.27 bits per heavy atom. The third kappa shape index (κ3) is 4.08. The number of benzene rings is 1. The van der Waals surface area contributed by atoms with Crippen molar-refractivity contribution in [1.29, 1.82) is 0 Å². The molecule has 2 aliphatic rings. The molecule has 22 heavy (non-hydrogen) atoms. The molecule has 7 heteroatoms. The van der Waals surface area contributed by atoms with Crippen LogP contribution < -0.4 is 19.5 Å². The topological polar surface area (TPSA) is 55.3 Å². The zero-order chi connectivity index (χ0) is 14.5. The fraction of sp³-hybridized carbons (Fsp3) is 0.533. The summed E-state index contributed by atoms with van der Waals surface area (Å²) in [5.74, 6) is 3.27. The lowest BCUT2D eigenvalue weighted by atomic mass is 10.3. The van der Waals surface area contributed by atoms with Gasteiger partial charge in [0.15, 0.2) is 17.5 Å². The van der Waals surface area contributed by atoms with Crippen molar-refractivity contribution in [3.63, 3.8) is 0 Å². The van der Waals surface area contributed by atoms with Crippen molar-refractivity contribution in [1.82, 2.24) is 10.2 Å². The van der Waals surface area contributed by atoms with E-state index in [2.05, 4.69) is 15.2 Å². The fourth-order valence-electron chi connectivity index (χ4n) is 2.56. The highest BCUT2D eigenvalue weighted by Gasteiger charge is 2.15. The molecule has 0 unspecified atom stereocenters. The van der Waals surface area contributed by atoms with Gasteiger partial charge in [0.05, 0.1) is 6.54 Å². The molecule has 3 rings (SSSR count). The minimum Gasteiger partial charge on any atom is -0.492 e. The van der Waals surface area contributed by atoms with Crippen molar-refractivity contribution in [2.75, 3.05) is 40.1 Å². The van der Waals surface area contributed by atoms with Gasteiger partial charge in [0.25, 0.3) is 0 Å². The number of aliphatic imine (C=N–C) groups is 1. The van der Waals surface area contributed by atoms with Crippen LogP contribution in [0.3, 0.4) is 0 Å². The smallest absolute Gasteiger partial charge is 0.231 e. The molecule has 6 nitrogen and oxygen atoms in total. The van der Waals surface area contributed by atoms with Crippen LogP contribution >= 0.6 is 24.0 Å². The minimum atomic E-state index is 0. The Hall–Kier alpha value is -1.38. The average molecular weight is 419 g/mol. The van der Waals surface area contributed by atoms with Crippen LogP contribution in [0.15, 0.2) is 23.2 Å². The Labute approximate surface area is 147 Å². The quantitative estimate of drug-likeness (QED) is 0.351. The van der Waals surface area contributed by atoms with Gasteiger partial charge >= 0.3 is 0 Å². The number of rotatable bonds is 4. The standard InChI is InChI=1S/C15H21N3O3.HI/c1-16-15(18-7-2-3-8-18)17-6-9-19-12-4-5-13-14(10-12)21-11-20-13;/h4-5,10H,2-3,6-9,11H2,1H3,(H,16,17);1H. The number of nitrogens with one attached hydrogen (secondary N) is 1. The van der Waals surface area contributed by atoms with Crippen molar-refractivity contribution in [3.8, 4) is 17.2 Å². The molecule has 1 fully saturated rings. The maximum absolute atomic E-state index is 5.72. The van der Waals surface area contributed by atoms with E-state index in [1.165, 1.54) is 12.8 Å². The first-order valence-corrected chi connectivity index (χ1v) is 7.35. The molecule has 1 N–H and O–H groups in total. The second kappa shape index (κ2) is 8.30. The summed E-state index contributed by atoms with van der Waals surface area (Å²) >= 11 is 0. The highest BCUT2D eigenvalue weighted by molar-refractivity contribution is 14.0. The number of halogens is 1. The highest BCUT2D eigenvalue weighted by Crippen LogP contribution is 2.34. The van der Waals surface area contributed by atoms with Gasteiger partial charge in [-0.1, -0.05) is 0 Å². The van der Waals surface area contributed by atoms with Crippen LogP contribution in [-0.4, -0.2) is 50.9 Å². The lowest BCUT2D eigenvalue weighted by Gasteiger charge is -2.20. The molecule has 0 aliphatic carbocycles. The van der Waals surface area contributed by atoms with E-state index in [1.54, 1.807) is 0 Å². The third-order valence-corrected chi connectivity index (χ3v) is 3.62. The van der Waals surface area contributed by atoms with E-state index in [9.17, 15) is 0 Å². The number of ether oxygens (including phenoxy) is 3. The van der Waals surface area contributed by atoms with Crippen LogP contribution in [0.5, 0.6) is 17.2 Å². The summed E-state index contributed by atoms with van der Waals surface area (Å²) in [4.78, 5) is 6.58.